The van der Waals surface area contributed by atoms with Crippen LogP contribution in [0.1, 0.15) is 35.6 Å². The Morgan fingerprint density at radius 1 is 0.681 bits per heavy atom. The predicted molar refractivity (Wildman–Crippen MR) is 201 cm³/mol. The van der Waals surface area contributed by atoms with Crippen LogP contribution in [0.5, 0.6) is 17.2 Å². The zero-order valence-corrected chi connectivity index (χ0v) is 42.6. The Kier molecular flexibility index (Phi) is 73.3. The number of ether oxygens (including phenoxy) is 6. The van der Waals surface area contributed by atoms with Crippen LogP contribution in [0.25, 0.3) is 0 Å². The number of methoxy groups -OCH3 is 4. The summed E-state index contributed by atoms with van der Waals surface area (Å²) < 4.78 is 28.5. The van der Waals surface area contributed by atoms with Crippen LogP contribution < -0.4 is 14.8 Å². The van der Waals surface area contributed by atoms with E-state index in [0.29, 0.717) is 35.7 Å². The third-order valence-electron chi connectivity index (χ3n) is 3.61. The number of benzene rings is 3. The van der Waals surface area contributed by atoms with E-state index in [1.165, 1.54) is 18.2 Å². The van der Waals surface area contributed by atoms with Gasteiger partial charge in [-0.25, -0.2) is 0 Å². The molecule has 0 aromatic heterocycles. The van der Waals surface area contributed by atoms with Crippen molar-refractivity contribution in [1.82, 2.24) is 0 Å². The number of carbonyl (C=O) groups is 2. The largest absolute Gasteiger partial charge is 0 e. The van der Waals surface area contributed by atoms with E-state index in [1.54, 1.807) is 46.6 Å². The molecule has 0 bridgehead atoms. The monoisotopic (exact) mass is 1280 g/mol. The molecule has 0 fully saturated rings. The Morgan fingerprint density at radius 2 is 1.04 bits per heavy atom. The molecule has 0 aliphatic carbocycles. The van der Waals surface area contributed by atoms with E-state index in [9.17, 15) is 9.59 Å². The van der Waals surface area contributed by atoms with E-state index >= 15 is 0 Å². The average Bonchev–Trinajstić information content (AvgIpc) is 2.98. The summed E-state index contributed by atoms with van der Waals surface area (Å²) in [5, 5.41) is 9.77. The second-order valence-corrected chi connectivity index (χ2v) is 42.7. The zero-order chi connectivity index (χ0) is 31.3. The van der Waals surface area contributed by atoms with Crippen molar-refractivity contribution in [3.8, 4) is 17.2 Å². The molecule has 0 aliphatic heterocycles. The minimum Gasteiger partial charge on any atom is 0 e. The first-order valence-corrected chi connectivity index (χ1v) is 25.2. The van der Waals surface area contributed by atoms with Gasteiger partial charge in [-0.15, -0.1) is 41.7 Å². The Morgan fingerprint density at radius 3 is 1.30 bits per heavy atom. The summed E-state index contributed by atoms with van der Waals surface area (Å²) in [4.78, 5) is 20.0. The fraction of sp³-hybridized carbons (Fsp3) is 0.310. The van der Waals surface area contributed by atoms with Crippen molar-refractivity contribution in [1.29, 1.82) is 0 Å². The Bertz CT molecular complexity index is 1030. The summed E-state index contributed by atoms with van der Waals surface area (Å²) in [5.74, 6) is 1.33. The van der Waals surface area contributed by atoms with Crippen LogP contribution in [0.4, 0.5) is 0 Å². The number of halogens is 3. The van der Waals surface area contributed by atoms with Gasteiger partial charge < -0.3 is 48.6 Å². The normalized spacial score (nSPS) is 8.02. The molecule has 47 heavy (non-hydrogen) atoms. The molecule has 3 aromatic rings. The minimum atomic E-state index is -0.278. The second-order valence-electron chi connectivity index (χ2n) is 6.70. The van der Waals surface area contributed by atoms with E-state index in [-0.39, 0.29) is 143 Å². The van der Waals surface area contributed by atoms with Gasteiger partial charge in [0, 0.05) is 144 Å². The van der Waals surface area contributed by atoms with E-state index in [4.69, 9.17) is 24.1 Å². The maximum Gasteiger partial charge on any atom is 0 e. The van der Waals surface area contributed by atoms with Crippen LogP contribution in [0.2, 0.25) is 0 Å². The van der Waals surface area contributed by atoms with Gasteiger partial charge in [0.15, 0.2) is 13.6 Å². The third kappa shape index (κ3) is 48.7. The molecule has 0 amide bonds. The molecule has 0 spiro atoms. The molecule has 3 N–H and O–H groups in total. The van der Waals surface area contributed by atoms with Crippen LogP contribution in [-0.2, 0) is 122 Å². The maximum atomic E-state index is 10.2. The van der Waals surface area contributed by atoms with Crippen molar-refractivity contribution in [3.05, 3.63) is 83.9 Å². The number of aldehydes is 2. The topological polar surface area (TPSA) is 141 Å². The fourth-order valence-electron chi connectivity index (χ4n) is 1.96. The van der Waals surface area contributed by atoms with Crippen LogP contribution in [0, 0.1) is 18.2 Å². The molecule has 0 saturated carbocycles. The van der Waals surface area contributed by atoms with Gasteiger partial charge in [-0.3, -0.25) is 0 Å². The molecular weight excluding hydrogens is 1240 g/mol. The quantitative estimate of drug-likeness (QED) is 0.0784. The average molecular weight is 1280 g/mol. The van der Waals surface area contributed by atoms with E-state index in [2.05, 4.69) is 96.8 Å². The fourth-order valence-corrected chi connectivity index (χ4v) is 2.14. The van der Waals surface area contributed by atoms with Gasteiger partial charge in [-0.05, 0) is 0 Å². The second kappa shape index (κ2) is 50.8. The summed E-state index contributed by atoms with van der Waals surface area (Å²) in [7, 11) is 8.88. The van der Waals surface area contributed by atoms with Crippen LogP contribution in [0.3, 0.4) is 0 Å². The van der Waals surface area contributed by atoms with Gasteiger partial charge in [0.25, 0.3) is 0 Å². The number of carbonyl (C=O) groups excluding carboxylic acids is 2. The van der Waals surface area contributed by atoms with Crippen LogP contribution in [-0.4, -0.2) is 72.0 Å². The van der Waals surface area contributed by atoms with Gasteiger partial charge >= 0.3 is 64.9 Å². The van der Waals surface area contributed by atoms with Crippen molar-refractivity contribution in [2.45, 2.75) is 14.9 Å². The molecule has 0 saturated heterocycles. The number of phenols is 1. The van der Waals surface area contributed by atoms with Gasteiger partial charge in [0.2, 0.25) is 0 Å². The predicted octanol–water partition coefficient (Wildman–Crippen LogP) is 6.59. The Hall–Kier alpha value is 2.72. The molecule has 3 rings (SSSR count). The smallest absolute Gasteiger partial charge is 0 e. The van der Waals surface area contributed by atoms with Gasteiger partial charge in [0.05, 0.1) is 12.6 Å². The van der Waals surface area contributed by atoms with Gasteiger partial charge in [-0.1, -0.05) is 26.0 Å². The molecule has 3 aromatic carbocycles. The van der Waals surface area contributed by atoms with Gasteiger partial charge in [-0.2, -0.15) is 45.6 Å². The molecule has 1 unspecified atom stereocenters. The SMILES string of the molecule is C.C.COCOC.COCOc1[c-]cc(C=O)cc1.COCOc1[c-]cc(P)cc1.O.O=Cc1c[c-]c(O)cc1.[I][V]([I])[I].[Y].[Y].[Y]. The van der Waals surface area contributed by atoms with E-state index in [0.717, 1.165) is 11.6 Å². The van der Waals surface area contributed by atoms with E-state index < -0.39 is 0 Å². The van der Waals surface area contributed by atoms with Crippen molar-refractivity contribution in [3.63, 3.8) is 0 Å². The summed E-state index contributed by atoms with van der Waals surface area (Å²) >= 11 is 7.39. The molecule has 261 valence electrons. The van der Waals surface area contributed by atoms with Crippen LogP contribution >= 0.6 is 69.2 Å². The number of rotatable bonds is 10. The molecule has 3 radical (unpaired) electrons. The zero-order valence-electron chi connectivity index (χ0n) is 25.1. The molecule has 0 heterocycles. The number of hydrogen-bond acceptors (Lipinski definition) is 9. The number of hydrogen-bond donors (Lipinski definition) is 1. The summed E-state index contributed by atoms with van der Waals surface area (Å²) in [5.41, 5.74) is 1.10. The molecule has 0 aliphatic rings. The first kappa shape index (κ1) is 67.8. The standard InChI is InChI=1S/C9H9O3.C8H10O2P.C7H5O2.C3H8O2.2CH4.3HI.H2O.V.3Y/c1-11-7-12-9-4-2-8(6-10)3-5-9;1-9-6-10-7-2-4-8(11)5-3-7;8-5-6-1-3-7(9)4-2-6;1-4-3-5-2;;;;;;;;;;/h2-4,6H,7H2,1H3;2,4-5H,6,11H2,1H3;1-3,5,9H;3H2,1-2H3;2*1H4;3*1H;1H2;;;;/q3*-1;;;;;;;;+3;;;/p-3. The first-order valence-electron chi connectivity index (χ1n) is 11.1. The third-order valence-corrected chi connectivity index (χ3v) is 3.97. The van der Waals surface area contributed by atoms with Crippen molar-refractivity contribution < 1.29 is 152 Å². The summed E-state index contributed by atoms with van der Waals surface area (Å²) in [6.45, 7) is 0.851. The van der Waals surface area contributed by atoms with Crippen molar-refractivity contribution >= 4 is 87.1 Å². The number of aromatic hydroxyl groups is 1. The first-order chi connectivity index (χ1) is 19.7. The summed E-state index contributed by atoms with van der Waals surface area (Å²) in [6.07, 6.45) is 1.46. The molecule has 18 heteroatoms. The molecular formula is C29H42I3O10PVY3-3. The van der Waals surface area contributed by atoms with Crippen molar-refractivity contribution in [2.24, 2.45) is 0 Å². The number of phenolic OH excluding ortho intramolecular Hbond substituents is 1. The van der Waals surface area contributed by atoms with Gasteiger partial charge in [0.1, 0.15) is 6.79 Å². The Labute approximate surface area is 396 Å². The van der Waals surface area contributed by atoms with E-state index in [1.807, 2.05) is 18.2 Å². The molecule has 10 nitrogen and oxygen atoms in total. The molecule has 1 atom stereocenters. The minimum absolute atomic E-state index is 0. The van der Waals surface area contributed by atoms with Crippen LogP contribution in [0.15, 0.2) is 54.6 Å². The maximum absolute atomic E-state index is 10.2. The Balaban J connectivity index is -0.0000000683. The summed E-state index contributed by atoms with van der Waals surface area (Å²) in [6, 6.07) is 23.1. The van der Waals surface area contributed by atoms with Crippen molar-refractivity contribution in [2.75, 3.05) is 48.8 Å².